The topological polar surface area (TPSA) is 395 Å². The molecule has 0 rings (SSSR count). The zero-order valence-corrected chi connectivity index (χ0v) is 74.4. The standard InChI is InChI=1S/C84H156N4O36/c1-4-16-92-28-34-101-40-46-107-52-58-113-64-70-119-76-79-122-73-67-116-61-55-110-49-43-104-37-31-98-22-10-85-82(89)7-19-95-25-13-88(14-26-96-20-8-83(90)86-11-23-99-32-38-105-44-50-111-56-62-117-68-74-123-80-77-120-71-65-114-59-53-108-47-41-102-35-29-93-17-5-2)15-27-97-21-9-84(91)87-12-24-100-33-39-106-45-51-112-57-63-118-69-75-124-81-78-121-72-66-115-60-54-109-48-42-103-36-30-94-18-6-3/h1-3H,7-81H2,(H,85,89)(H,86,90)(H,87,91). The highest BCUT2D eigenvalue weighted by atomic mass is 16.6. The summed E-state index contributed by atoms with van der Waals surface area (Å²) in [6, 6.07) is 0. The molecule has 0 aliphatic carbocycles. The lowest BCUT2D eigenvalue weighted by Crippen LogP contribution is -2.35. The number of carbonyl (C=O) groups excluding carboxylic acids is 3. The Hall–Kier alpha value is -4.27. The van der Waals surface area contributed by atoms with E-state index in [4.69, 9.17) is 176 Å². The van der Waals surface area contributed by atoms with Crippen LogP contribution in [0.15, 0.2) is 0 Å². The number of hydrogen-bond donors (Lipinski definition) is 3. The van der Waals surface area contributed by atoms with Crippen molar-refractivity contribution in [2.75, 3.05) is 475 Å². The van der Waals surface area contributed by atoms with E-state index in [1.54, 1.807) is 0 Å². The number of amides is 3. The van der Waals surface area contributed by atoms with Gasteiger partial charge in [-0.3, -0.25) is 19.3 Å². The van der Waals surface area contributed by atoms with Gasteiger partial charge in [0.05, 0.1) is 416 Å². The summed E-state index contributed by atoms with van der Waals surface area (Å²) in [6.07, 6.45) is 15.9. The zero-order valence-electron chi connectivity index (χ0n) is 74.4. The van der Waals surface area contributed by atoms with E-state index in [0.717, 1.165) is 0 Å². The normalized spacial score (nSPS) is 11.5. The summed E-state index contributed by atoms with van der Waals surface area (Å²) in [7, 11) is 0. The Morgan fingerprint density at radius 3 is 0.403 bits per heavy atom. The van der Waals surface area contributed by atoms with Crippen molar-refractivity contribution in [3.63, 3.8) is 0 Å². The van der Waals surface area contributed by atoms with Gasteiger partial charge in [-0.25, -0.2) is 0 Å². The molecule has 40 heteroatoms. The van der Waals surface area contributed by atoms with Crippen LogP contribution in [0.2, 0.25) is 0 Å². The second-order valence-corrected chi connectivity index (χ2v) is 25.3. The minimum absolute atomic E-state index is 0.157. The Balaban J connectivity index is 4.20. The summed E-state index contributed by atoms with van der Waals surface area (Å²) in [5.74, 6) is 6.73. The van der Waals surface area contributed by atoms with Gasteiger partial charge in [-0.1, -0.05) is 17.8 Å². The van der Waals surface area contributed by atoms with Gasteiger partial charge in [-0.2, -0.15) is 0 Å². The molecule has 0 saturated heterocycles. The molecule has 0 heterocycles. The molecule has 0 spiro atoms. The van der Waals surface area contributed by atoms with Crippen LogP contribution in [0, 0.1) is 37.0 Å². The van der Waals surface area contributed by atoms with Crippen molar-refractivity contribution in [3.8, 4) is 37.0 Å². The lowest BCUT2D eigenvalue weighted by molar-refractivity contribution is -0.123. The first kappa shape index (κ1) is 120. The fraction of sp³-hybridized carbons (Fsp3) is 0.893. The first-order valence-corrected chi connectivity index (χ1v) is 43.4. The fourth-order valence-corrected chi connectivity index (χ4v) is 9.10. The van der Waals surface area contributed by atoms with Crippen molar-refractivity contribution in [2.24, 2.45) is 0 Å². The fourth-order valence-electron chi connectivity index (χ4n) is 9.10. The second kappa shape index (κ2) is 111. The summed E-state index contributed by atoms with van der Waals surface area (Å²) < 4.78 is 182. The average Bonchev–Trinajstić information content (AvgIpc) is 0.980. The monoisotopic (exact) mass is 1800 g/mol. The van der Waals surface area contributed by atoms with E-state index < -0.39 is 0 Å². The lowest BCUT2D eigenvalue weighted by Gasteiger charge is -2.22. The largest absolute Gasteiger partial charge is 0.380 e. The number of hydrogen-bond acceptors (Lipinski definition) is 37. The Morgan fingerprint density at radius 2 is 0.274 bits per heavy atom. The minimum Gasteiger partial charge on any atom is -0.380 e. The maximum absolute atomic E-state index is 12.5. The molecule has 0 fully saturated rings. The van der Waals surface area contributed by atoms with E-state index >= 15 is 0 Å². The van der Waals surface area contributed by atoms with Gasteiger partial charge in [0.25, 0.3) is 0 Å². The van der Waals surface area contributed by atoms with Gasteiger partial charge in [-0.05, 0) is 0 Å². The first-order valence-electron chi connectivity index (χ1n) is 43.4. The Morgan fingerprint density at radius 1 is 0.161 bits per heavy atom. The molecule has 0 saturated carbocycles. The van der Waals surface area contributed by atoms with Gasteiger partial charge in [0.1, 0.15) is 19.8 Å². The number of nitrogens with one attached hydrogen (secondary N) is 3. The van der Waals surface area contributed by atoms with Gasteiger partial charge in [-0.15, -0.1) is 19.3 Å². The Labute approximate surface area is 738 Å². The molecule has 0 bridgehead atoms. The maximum Gasteiger partial charge on any atom is 0.222 e. The molecule has 40 nitrogen and oxygen atoms in total. The quantitative estimate of drug-likeness (QED) is 0.0498. The van der Waals surface area contributed by atoms with Crippen molar-refractivity contribution in [3.05, 3.63) is 0 Å². The van der Waals surface area contributed by atoms with E-state index in [1.165, 1.54) is 0 Å². The molecular formula is C84H156N4O36. The van der Waals surface area contributed by atoms with Crippen LogP contribution < -0.4 is 16.0 Å². The van der Waals surface area contributed by atoms with Crippen LogP contribution in [0.25, 0.3) is 0 Å². The van der Waals surface area contributed by atoms with Crippen LogP contribution in [0.1, 0.15) is 19.3 Å². The molecule has 0 aromatic heterocycles. The van der Waals surface area contributed by atoms with E-state index in [1.807, 2.05) is 0 Å². The highest BCUT2D eigenvalue weighted by molar-refractivity contribution is 5.76. The van der Waals surface area contributed by atoms with Gasteiger partial charge >= 0.3 is 0 Å². The Bertz CT molecular complexity index is 2020. The van der Waals surface area contributed by atoms with Crippen molar-refractivity contribution >= 4 is 17.7 Å². The summed E-state index contributed by atoms with van der Waals surface area (Å²) >= 11 is 0. The number of terminal acetylenes is 3. The summed E-state index contributed by atoms with van der Waals surface area (Å²) in [6.45, 7) is 30.6. The predicted octanol–water partition coefficient (Wildman–Crippen LogP) is -0.745. The molecule has 0 atom stereocenters. The molecule has 0 aromatic rings. The van der Waals surface area contributed by atoms with Crippen molar-refractivity contribution in [1.82, 2.24) is 20.9 Å². The summed E-state index contributed by atoms with van der Waals surface area (Å²) in [5, 5.41) is 8.53. The first-order chi connectivity index (χ1) is 61.5. The van der Waals surface area contributed by atoms with Crippen LogP contribution in [0.3, 0.4) is 0 Å². The van der Waals surface area contributed by atoms with Crippen LogP contribution in [-0.2, 0) is 171 Å². The van der Waals surface area contributed by atoms with E-state index in [2.05, 4.69) is 38.6 Å². The third-order valence-electron chi connectivity index (χ3n) is 15.4. The number of rotatable bonds is 111. The third kappa shape index (κ3) is 108. The molecule has 0 aliphatic rings. The summed E-state index contributed by atoms with van der Waals surface area (Å²) in [5.41, 5.74) is 0. The van der Waals surface area contributed by atoms with Gasteiger partial charge in [0.2, 0.25) is 17.7 Å². The molecule has 3 N–H and O–H groups in total. The van der Waals surface area contributed by atoms with Gasteiger partial charge in [0.15, 0.2) is 0 Å². The van der Waals surface area contributed by atoms with Gasteiger partial charge in [0, 0.05) is 58.5 Å². The number of carbonyl (C=O) groups is 3. The molecule has 0 aromatic carbocycles. The summed E-state index contributed by atoms with van der Waals surface area (Å²) in [4.78, 5) is 39.7. The second-order valence-electron chi connectivity index (χ2n) is 25.3. The maximum atomic E-state index is 12.5. The smallest absolute Gasteiger partial charge is 0.222 e. The van der Waals surface area contributed by atoms with Crippen LogP contribution in [-0.4, -0.2) is 498 Å². The van der Waals surface area contributed by atoms with E-state index in [-0.39, 0.29) is 76.6 Å². The highest BCUT2D eigenvalue weighted by Crippen LogP contribution is 1.98. The highest BCUT2D eigenvalue weighted by Gasteiger charge is 2.11. The minimum atomic E-state index is -0.157. The van der Waals surface area contributed by atoms with Crippen molar-refractivity contribution in [2.45, 2.75) is 19.3 Å². The van der Waals surface area contributed by atoms with E-state index in [9.17, 15) is 14.4 Å². The van der Waals surface area contributed by atoms with Crippen LogP contribution in [0.5, 0.6) is 0 Å². The number of nitrogens with zero attached hydrogens (tertiary/aromatic N) is 1. The van der Waals surface area contributed by atoms with Crippen LogP contribution >= 0.6 is 0 Å². The third-order valence-corrected chi connectivity index (χ3v) is 15.4. The zero-order chi connectivity index (χ0) is 88.9. The molecular weight excluding hydrogens is 1640 g/mol. The molecule has 728 valence electrons. The molecule has 3 amide bonds. The van der Waals surface area contributed by atoms with Gasteiger partial charge < -0.3 is 172 Å². The van der Waals surface area contributed by atoms with Crippen molar-refractivity contribution in [1.29, 1.82) is 0 Å². The SMILES string of the molecule is C#CCOCCOCCOCCOCCOCCOCCOCCOCCOCCOCCNC(=O)CCOCCN(CCOCCC(=O)NCCOCCOCCOCCOCCOCCOCCOCCOCCOCCOCC#C)CCOCCC(=O)NCCOCCOCCOCCOCCOCCOCCOCCOCCOCCOCC#C. The Kier molecular flexibility index (Phi) is 107. The van der Waals surface area contributed by atoms with Crippen LogP contribution in [0.4, 0.5) is 0 Å². The van der Waals surface area contributed by atoms with E-state index in [0.29, 0.717) is 436 Å². The average molecular weight is 1800 g/mol. The molecule has 124 heavy (non-hydrogen) atoms. The molecule has 0 aliphatic heterocycles. The molecule has 0 unspecified atom stereocenters. The number of ether oxygens (including phenoxy) is 33. The van der Waals surface area contributed by atoms with Crippen molar-refractivity contribution < 1.29 is 171 Å². The lowest BCUT2D eigenvalue weighted by atomic mass is 10.4. The predicted molar refractivity (Wildman–Crippen MR) is 453 cm³/mol. The molecule has 0 radical (unpaired) electrons.